The van der Waals surface area contributed by atoms with Gasteiger partial charge in [-0.3, -0.25) is 9.78 Å². The Bertz CT molecular complexity index is 802. The molecule has 0 atom stereocenters. The van der Waals surface area contributed by atoms with E-state index in [1.165, 1.54) is 6.07 Å². The van der Waals surface area contributed by atoms with Gasteiger partial charge in [-0.15, -0.1) is 0 Å². The molecule has 0 unspecified atom stereocenters. The minimum absolute atomic E-state index is 0.0387. The highest BCUT2D eigenvalue weighted by atomic mass is 16.3. The lowest BCUT2D eigenvalue weighted by molar-refractivity contribution is 0.0948. The predicted octanol–water partition coefficient (Wildman–Crippen LogP) is 3.38. The van der Waals surface area contributed by atoms with Crippen LogP contribution in [0.5, 0.6) is 5.75 Å². The van der Waals surface area contributed by atoms with Crippen LogP contribution in [0.4, 0.5) is 0 Å². The number of carbonyl (C=O) groups excluding carboxylic acids is 1. The molecule has 2 N–H and O–H groups in total. The average molecular weight is 304 g/mol. The van der Waals surface area contributed by atoms with Crippen molar-refractivity contribution in [3.8, 4) is 16.9 Å². The second-order valence-corrected chi connectivity index (χ2v) is 5.14. The summed E-state index contributed by atoms with van der Waals surface area (Å²) in [7, 11) is 0. The van der Waals surface area contributed by atoms with Gasteiger partial charge < -0.3 is 10.4 Å². The monoisotopic (exact) mass is 304 g/mol. The van der Waals surface area contributed by atoms with Crippen molar-refractivity contribution in [1.29, 1.82) is 0 Å². The maximum atomic E-state index is 12.3. The van der Waals surface area contributed by atoms with E-state index in [4.69, 9.17) is 0 Å². The molecule has 0 bridgehead atoms. The van der Waals surface area contributed by atoms with E-state index in [1.807, 2.05) is 42.5 Å². The second-order valence-electron chi connectivity index (χ2n) is 5.14. The molecule has 0 radical (unpaired) electrons. The van der Waals surface area contributed by atoms with Crippen LogP contribution in [0.15, 0.2) is 73.1 Å². The van der Waals surface area contributed by atoms with Gasteiger partial charge in [0.1, 0.15) is 5.75 Å². The molecular formula is C19H16N2O2. The zero-order chi connectivity index (χ0) is 16.1. The number of nitrogens with zero attached hydrogens (tertiary/aromatic N) is 1. The van der Waals surface area contributed by atoms with E-state index in [-0.39, 0.29) is 17.2 Å². The van der Waals surface area contributed by atoms with Crippen LogP contribution in [0.2, 0.25) is 0 Å². The van der Waals surface area contributed by atoms with Crippen molar-refractivity contribution in [1.82, 2.24) is 10.3 Å². The summed E-state index contributed by atoms with van der Waals surface area (Å²) in [5, 5.41) is 12.8. The van der Waals surface area contributed by atoms with Crippen molar-refractivity contribution in [3.05, 3.63) is 84.2 Å². The molecule has 0 fully saturated rings. The first-order valence-corrected chi connectivity index (χ1v) is 7.29. The smallest absolute Gasteiger partial charge is 0.255 e. The second kappa shape index (κ2) is 6.75. The molecule has 4 nitrogen and oxygen atoms in total. The van der Waals surface area contributed by atoms with E-state index in [9.17, 15) is 9.90 Å². The van der Waals surface area contributed by atoms with Crippen molar-refractivity contribution in [2.45, 2.75) is 6.54 Å². The Kier molecular flexibility index (Phi) is 4.34. The van der Waals surface area contributed by atoms with Gasteiger partial charge in [0, 0.05) is 24.5 Å². The molecule has 4 heteroatoms. The summed E-state index contributed by atoms with van der Waals surface area (Å²) in [5.74, 6) is -0.347. The van der Waals surface area contributed by atoms with E-state index < -0.39 is 0 Å². The molecule has 2 aromatic carbocycles. The number of hydrogen-bond donors (Lipinski definition) is 2. The standard InChI is InChI=1S/C19H16N2O2/c22-18-9-8-15(16-7-4-10-20-13-16)11-17(18)19(23)21-12-14-5-2-1-3-6-14/h1-11,13,22H,12H2,(H,21,23). The molecule has 0 aliphatic heterocycles. The summed E-state index contributed by atoms with van der Waals surface area (Å²) in [4.78, 5) is 16.4. The van der Waals surface area contributed by atoms with Crippen molar-refractivity contribution >= 4 is 5.91 Å². The highest BCUT2D eigenvalue weighted by molar-refractivity contribution is 5.98. The molecule has 23 heavy (non-hydrogen) atoms. The number of aromatic hydroxyl groups is 1. The number of hydrogen-bond acceptors (Lipinski definition) is 3. The van der Waals surface area contributed by atoms with Gasteiger partial charge in [0.15, 0.2) is 0 Å². The molecule has 1 heterocycles. The number of nitrogens with one attached hydrogen (secondary N) is 1. The minimum Gasteiger partial charge on any atom is -0.507 e. The van der Waals surface area contributed by atoms with Crippen LogP contribution in [0.3, 0.4) is 0 Å². The summed E-state index contributed by atoms with van der Waals surface area (Å²) in [6, 6.07) is 18.3. The number of pyridine rings is 1. The Hall–Kier alpha value is -3.14. The maximum Gasteiger partial charge on any atom is 0.255 e. The van der Waals surface area contributed by atoms with Crippen molar-refractivity contribution in [2.75, 3.05) is 0 Å². The first-order valence-electron chi connectivity index (χ1n) is 7.29. The number of phenols is 1. The molecule has 0 aliphatic rings. The summed E-state index contributed by atoms with van der Waals surface area (Å²) in [5.41, 5.74) is 2.98. The third-order valence-electron chi connectivity index (χ3n) is 3.53. The molecule has 1 aromatic heterocycles. The van der Waals surface area contributed by atoms with E-state index in [1.54, 1.807) is 24.5 Å². The third kappa shape index (κ3) is 3.55. The van der Waals surface area contributed by atoms with Crippen LogP contribution in [-0.2, 0) is 6.54 Å². The lowest BCUT2D eigenvalue weighted by atomic mass is 10.0. The zero-order valence-corrected chi connectivity index (χ0v) is 12.4. The van der Waals surface area contributed by atoms with E-state index >= 15 is 0 Å². The Morgan fingerprint density at radius 3 is 2.57 bits per heavy atom. The van der Waals surface area contributed by atoms with Crippen LogP contribution < -0.4 is 5.32 Å². The highest BCUT2D eigenvalue weighted by Gasteiger charge is 2.12. The molecule has 0 saturated heterocycles. The number of carbonyl (C=O) groups is 1. The molecule has 3 rings (SSSR count). The van der Waals surface area contributed by atoms with Crippen LogP contribution in [0, 0.1) is 0 Å². The van der Waals surface area contributed by atoms with E-state index in [2.05, 4.69) is 10.3 Å². The Balaban J connectivity index is 1.80. The van der Waals surface area contributed by atoms with Crippen LogP contribution in [0.25, 0.3) is 11.1 Å². The summed E-state index contributed by atoms with van der Waals surface area (Å²) < 4.78 is 0. The lowest BCUT2D eigenvalue weighted by Gasteiger charge is -2.09. The number of benzene rings is 2. The van der Waals surface area contributed by atoms with Gasteiger partial charge in [-0.2, -0.15) is 0 Å². The maximum absolute atomic E-state index is 12.3. The van der Waals surface area contributed by atoms with Gasteiger partial charge >= 0.3 is 0 Å². The van der Waals surface area contributed by atoms with Crippen LogP contribution >= 0.6 is 0 Å². The summed E-state index contributed by atoms with van der Waals surface area (Å²) in [6.07, 6.45) is 3.41. The van der Waals surface area contributed by atoms with Gasteiger partial charge in [-0.1, -0.05) is 42.5 Å². The largest absolute Gasteiger partial charge is 0.507 e. The first-order chi connectivity index (χ1) is 11.2. The van der Waals surface area contributed by atoms with E-state index in [0.29, 0.717) is 6.54 Å². The summed E-state index contributed by atoms with van der Waals surface area (Å²) >= 11 is 0. The fourth-order valence-corrected chi connectivity index (χ4v) is 2.30. The normalized spacial score (nSPS) is 10.3. The van der Waals surface area contributed by atoms with Gasteiger partial charge in [0.05, 0.1) is 5.56 Å². The number of aromatic nitrogens is 1. The van der Waals surface area contributed by atoms with Crippen LogP contribution in [0.1, 0.15) is 15.9 Å². The van der Waals surface area contributed by atoms with Crippen LogP contribution in [-0.4, -0.2) is 16.0 Å². The average Bonchev–Trinajstić information content (AvgIpc) is 2.62. The molecular weight excluding hydrogens is 288 g/mol. The third-order valence-corrected chi connectivity index (χ3v) is 3.53. The topological polar surface area (TPSA) is 62.2 Å². The number of rotatable bonds is 4. The lowest BCUT2D eigenvalue weighted by Crippen LogP contribution is -2.22. The van der Waals surface area contributed by atoms with Crippen molar-refractivity contribution < 1.29 is 9.90 Å². The van der Waals surface area contributed by atoms with Crippen molar-refractivity contribution in [2.24, 2.45) is 0 Å². The molecule has 3 aromatic rings. The van der Waals surface area contributed by atoms with Gasteiger partial charge in [-0.05, 0) is 29.3 Å². The molecule has 0 spiro atoms. The molecule has 114 valence electrons. The molecule has 0 saturated carbocycles. The Morgan fingerprint density at radius 1 is 1.00 bits per heavy atom. The number of amides is 1. The Labute approximate surface area is 134 Å². The number of phenolic OH excluding ortho intramolecular Hbond substituents is 1. The molecule has 0 aliphatic carbocycles. The quantitative estimate of drug-likeness (QED) is 0.776. The van der Waals surface area contributed by atoms with Crippen molar-refractivity contribution in [3.63, 3.8) is 0 Å². The minimum atomic E-state index is -0.308. The van der Waals surface area contributed by atoms with Gasteiger partial charge in [-0.25, -0.2) is 0 Å². The highest BCUT2D eigenvalue weighted by Crippen LogP contribution is 2.25. The molecule has 1 amide bonds. The first kappa shape index (κ1) is 14.8. The summed E-state index contributed by atoms with van der Waals surface area (Å²) in [6.45, 7) is 0.413. The van der Waals surface area contributed by atoms with E-state index in [0.717, 1.165) is 16.7 Å². The van der Waals surface area contributed by atoms with Gasteiger partial charge in [0.2, 0.25) is 0 Å². The fourth-order valence-electron chi connectivity index (χ4n) is 2.30. The zero-order valence-electron chi connectivity index (χ0n) is 12.4. The Morgan fingerprint density at radius 2 is 1.83 bits per heavy atom. The SMILES string of the molecule is O=C(NCc1ccccc1)c1cc(-c2cccnc2)ccc1O. The fraction of sp³-hybridized carbons (Fsp3) is 0.0526. The predicted molar refractivity (Wildman–Crippen MR) is 89.0 cm³/mol. The van der Waals surface area contributed by atoms with Gasteiger partial charge in [0.25, 0.3) is 5.91 Å².